The number of nitrogens with zero attached hydrogens (tertiary/aromatic N) is 1. The highest BCUT2D eigenvalue weighted by atomic mass is 32.3. The van der Waals surface area contributed by atoms with Gasteiger partial charge in [0.25, 0.3) is 20.0 Å². The highest BCUT2D eigenvalue weighted by Gasteiger charge is 2.73. The second kappa shape index (κ2) is 11.0. The molecule has 1 N–H and O–H groups in total. The van der Waals surface area contributed by atoms with Crippen LogP contribution in [0.2, 0.25) is 0 Å². The summed E-state index contributed by atoms with van der Waals surface area (Å²) in [5.41, 5.74) is 0. The number of hydrogen-bond donors (Lipinski definition) is 1. The average molecular weight is 536 g/mol. The number of alkyl halides is 10. The van der Waals surface area contributed by atoms with Crippen molar-refractivity contribution in [1.29, 1.82) is 0 Å². The van der Waals surface area contributed by atoms with Gasteiger partial charge >= 0.3 is 22.9 Å². The molecule has 18 heteroatoms. The summed E-state index contributed by atoms with van der Waals surface area (Å²) in [4.78, 5) is 2.62. The number of halogens is 10. The maximum absolute atomic E-state index is 12.4. The van der Waals surface area contributed by atoms with Crippen molar-refractivity contribution in [2.45, 2.75) is 68.3 Å². The number of likely N-dealkylation sites (tertiary alicyclic amines) is 1. The quantitative estimate of drug-likeness (QED) is 0.371. The van der Waals surface area contributed by atoms with E-state index in [1.165, 1.54) is 58.2 Å². The monoisotopic (exact) mass is 536 g/mol. The molecule has 194 valence electrons. The Morgan fingerprint density at radius 2 is 1.06 bits per heavy atom. The van der Waals surface area contributed by atoms with Gasteiger partial charge in [-0.1, -0.05) is 30.3 Å². The van der Waals surface area contributed by atoms with Gasteiger partial charge in [-0.25, -0.2) is 16.8 Å². The molecule has 0 saturated carbocycles. The van der Waals surface area contributed by atoms with E-state index in [-0.39, 0.29) is 0 Å². The van der Waals surface area contributed by atoms with Crippen molar-refractivity contribution >= 4 is 20.0 Å². The molecule has 6 nitrogen and oxygen atoms in total. The van der Waals surface area contributed by atoms with E-state index in [9.17, 15) is 60.7 Å². The van der Waals surface area contributed by atoms with Crippen molar-refractivity contribution in [2.24, 2.45) is 0 Å². The fourth-order valence-corrected chi connectivity index (χ4v) is 4.92. The third kappa shape index (κ3) is 7.86. The number of hydrogen-bond acceptors (Lipinski definition) is 5. The average Bonchev–Trinajstić information content (AvgIpc) is 2.60. The van der Waals surface area contributed by atoms with Crippen LogP contribution in [0.15, 0.2) is 0 Å². The summed E-state index contributed by atoms with van der Waals surface area (Å²) < 4.78 is 160. The van der Waals surface area contributed by atoms with E-state index in [2.05, 4.69) is 11.8 Å². The summed E-state index contributed by atoms with van der Waals surface area (Å²) >= 11 is 0. The first-order valence-corrected chi connectivity index (χ1v) is 12.0. The van der Waals surface area contributed by atoms with Crippen molar-refractivity contribution in [3.63, 3.8) is 0 Å². The Bertz CT molecular complexity index is 735. The standard InChI is InChI=1S/C10H21N.C4HF10NO4S2/c1-2-3-5-8-11-9-6-4-7-10-11;5-1(6,7)3(11,12)20(16,17)15-21(18,19)4(13,14)2(8,9)10/h2-10H2,1H3;15H. The fourth-order valence-electron chi connectivity index (χ4n) is 2.32. The molecule has 0 unspecified atom stereocenters. The third-order valence-electron chi connectivity index (χ3n) is 4.08. The molecule has 0 amide bonds. The molecule has 0 aromatic heterocycles. The van der Waals surface area contributed by atoms with E-state index in [1.807, 2.05) is 0 Å². The van der Waals surface area contributed by atoms with Crippen LogP contribution in [0.3, 0.4) is 0 Å². The SMILES string of the molecule is CCCCCN1CCCCC1.O=S(=O)(NS(=O)(=O)C(F)(F)C(F)(F)F)C(F)(F)C(F)(F)F. The van der Waals surface area contributed by atoms with Crippen LogP contribution in [0.5, 0.6) is 0 Å². The van der Waals surface area contributed by atoms with Gasteiger partial charge in [-0.3, -0.25) is 0 Å². The Labute approximate surface area is 178 Å². The van der Waals surface area contributed by atoms with Crippen LogP contribution in [0.25, 0.3) is 0 Å². The molecule has 0 radical (unpaired) electrons. The lowest BCUT2D eigenvalue weighted by Crippen LogP contribution is -2.57. The van der Waals surface area contributed by atoms with Crippen LogP contribution in [-0.2, 0) is 20.0 Å². The van der Waals surface area contributed by atoms with Gasteiger partial charge in [-0.15, -0.1) is 0 Å². The van der Waals surface area contributed by atoms with Gasteiger partial charge in [0.15, 0.2) is 0 Å². The molecular formula is C14H22F10N2O4S2. The lowest BCUT2D eigenvalue weighted by Gasteiger charge is -2.26. The minimum Gasteiger partial charge on any atom is -0.303 e. The summed E-state index contributed by atoms with van der Waals surface area (Å²) in [6.07, 6.45) is -5.42. The molecule has 1 rings (SSSR count). The molecule has 0 aromatic rings. The molecule has 0 atom stereocenters. The van der Waals surface area contributed by atoms with Crippen LogP contribution in [0, 0.1) is 0 Å². The zero-order valence-electron chi connectivity index (χ0n) is 16.5. The zero-order valence-corrected chi connectivity index (χ0v) is 18.2. The second-order valence-electron chi connectivity index (χ2n) is 6.73. The van der Waals surface area contributed by atoms with E-state index < -0.39 is 47.0 Å². The number of piperidine rings is 1. The van der Waals surface area contributed by atoms with Crippen LogP contribution >= 0.6 is 0 Å². The predicted octanol–water partition coefficient (Wildman–Crippen LogP) is 4.21. The molecule has 0 aromatic carbocycles. The number of sulfonamides is 2. The molecular weight excluding hydrogens is 514 g/mol. The van der Waals surface area contributed by atoms with Gasteiger partial charge in [0, 0.05) is 0 Å². The van der Waals surface area contributed by atoms with Crippen molar-refractivity contribution < 1.29 is 60.7 Å². The van der Waals surface area contributed by atoms with Crippen molar-refractivity contribution in [1.82, 2.24) is 9.03 Å². The summed E-state index contributed by atoms with van der Waals surface area (Å²) in [6, 6.07) is 0. The molecule has 1 aliphatic rings. The second-order valence-corrected chi connectivity index (χ2v) is 10.4. The lowest BCUT2D eigenvalue weighted by molar-refractivity contribution is -0.242. The Balaban J connectivity index is 0.000000726. The molecule has 1 saturated heterocycles. The highest BCUT2D eigenvalue weighted by molar-refractivity contribution is 8.05. The van der Waals surface area contributed by atoms with Crippen LogP contribution in [-0.4, -0.2) is 64.2 Å². The fraction of sp³-hybridized carbons (Fsp3) is 1.00. The molecule has 0 aliphatic carbocycles. The maximum Gasteiger partial charge on any atom is 0.471 e. The summed E-state index contributed by atoms with van der Waals surface area (Å²) in [5.74, 6) is 0. The summed E-state index contributed by atoms with van der Waals surface area (Å²) in [5, 5.41) is -13.9. The van der Waals surface area contributed by atoms with Gasteiger partial charge < -0.3 is 4.90 Å². The van der Waals surface area contributed by atoms with Crippen LogP contribution < -0.4 is 4.13 Å². The first-order valence-electron chi connectivity index (χ1n) is 9.03. The predicted molar refractivity (Wildman–Crippen MR) is 92.8 cm³/mol. The Kier molecular flexibility index (Phi) is 10.7. The first-order chi connectivity index (χ1) is 14.1. The van der Waals surface area contributed by atoms with E-state index in [1.54, 1.807) is 0 Å². The van der Waals surface area contributed by atoms with Gasteiger partial charge in [0.2, 0.25) is 0 Å². The number of unbranched alkanes of at least 4 members (excludes halogenated alkanes) is 2. The van der Waals surface area contributed by atoms with Crippen molar-refractivity contribution in [2.75, 3.05) is 19.6 Å². The van der Waals surface area contributed by atoms with Crippen molar-refractivity contribution in [3.05, 3.63) is 0 Å². The topological polar surface area (TPSA) is 83.6 Å². The number of rotatable bonds is 8. The summed E-state index contributed by atoms with van der Waals surface area (Å²) in [6.45, 7) is 6.36. The normalized spacial score (nSPS) is 17.6. The van der Waals surface area contributed by atoms with Gasteiger partial charge in [-0.05, 0) is 38.9 Å². The highest BCUT2D eigenvalue weighted by Crippen LogP contribution is 2.43. The zero-order chi connectivity index (χ0) is 25.6. The van der Waals surface area contributed by atoms with E-state index in [4.69, 9.17) is 0 Å². The largest absolute Gasteiger partial charge is 0.471 e. The first kappa shape index (κ1) is 31.1. The van der Waals surface area contributed by atoms with Gasteiger partial charge in [0.1, 0.15) is 0 Å². The van der Waals surface area contributed by atoms with Crippen LogP contribution in [0.1, 0.15) is 45.4 Å². The van der Waals surface area contributed by atoms with E-state index in [0.29, 0.717) is 0 Å². The molecule has 0 spiro atoms. The van der Waals surface area contributed by atoms with Gasteiger partial charge in [-0.2, -0.15) is 43.9 Å². The molecule has 1 fully saturated rings. The van der Waals surface area contributed by atoms with E-state index in [0.717, 1.165) is 0 Å². The Morgan fingerprint density at radius 3 is 1.38 bits per heavy atom. The third-order valence-corrected chi connectivity index (χ3v) is 7.65. The Morgan fingerprint density at radius 1 is 0.688 bits per heavy atom. The minimum atomic E-state index is -7.49. The smallest absolute Gasteiger partial charge is 0.303 e. The molecule has 32 heavy (non-hydrogen) atoms. The van der Waals surface area contributed by atoms with E-state index >= 15 is 0 Å². The van der Waals surface area contributed by atoms with Crippen molar-refractivity contribution in [3.8, 4) is 0 Å². The molecule has 0 bridgehead atoms. The summed E-state index contributed by atoms with van der Waals surface area (Å²) in [7, 11) is -15.0. The molecule has 1 heterocycles. The van der Waals surface area contributed by atoms with Crippen LogP contribution in [0.4, 0.5) is 43.9 Å². The molecule has 1 aliphatic heterocycles. The number of nitrogens with one attached hydrogen (secondary N) is 1. The lowest BCUT2D eigenvalue weighted by atomic mass is 10.1. The minimum absolute atomic E-state index is 0.969. The maximum atomic E-state index is 12.4. The van der Waals surface area contributed by atoms with Gasteiger partial charge in [0.05, 0.1) is 0 Å². The Hall–Kier alpha value is -0.880.